The van der Waals surface area contributed by atoms with Crippen molar-refractivity contribution in [3.05, 3.63) is 28.7 Å². The van der Waals surface area contributed by atoms with Gasteiger partial charge in [-0.25, -0.2) is 4.79 Å². The van der Waals surface area contributed by atoms with E-state index in [0.717, 1.165) is 5.56 Å². The second-order valence-electron chi connectivity index (χ2n) is 4.70. The molecule has 0 bridgehead atoms. The molecule has 1 heterocycles. The zero-order valence-corrected chi connectivity index (χ0v) is 15.2. The first-order chi connectivity index (χ1) is 11.5. The van der Waals surface area contributed by atoms with E-state index >= 15 is 0 Å². The Morgan fingerprint density at radius 1 is 1.33 bits per heavy atom. The van der Waals surface area contributed by atoms with E-state index in [1.54, 1.807) is 29.2 Å². The number of carbonyl (C=O) groups is 2. The summed E-state index contributed by atoms with van der Waals surface area (Å²) in [6.07, 6.45) is 1.75. The van der Waals surface area contributed by atoms with E-state index in [4.69, 9.17) is 21.7 Å². The number of thiocarbonyl (C=S) groups is 1. The number of benzene rings is 1. The van der Waals surface area contributed by atoms with E-state index in [1.165, 1.54) is 26.0 Å². The minimum absolute atomic E-state index is 0.0996. The highest BCUT2D eigenvalue weighted by Crippen LogP contribution is 2.34. The Kier molecular flexibility index (Phi) is 6.22. The van der Waals surface area contributed by atoms with Crippen LogP contribution in [0.25, 0.3) is 6.08 Å². The molecule has 1 aromatic carbocycles. The summed E-state index contributed by atoms with van der Waals surface area (Å²) in [5, 5.41) is 0. The average molecular weight is 367 g/mol. The van der Waals surface area contributed by atoms with Crippen LogP contribution in [-0.2, 0) is 14.3 Å². The molecule has 0 aliphatic carbocycles. The molecule has 0 N–H and O–H groups in total. The molecule has 0 saturated carbocycles. The fourth-order valence-corrected chi connectivity index (χ4v) is 3.40. The van der Waals surface area contributed by atoms with E-state index in [-0.39, 0.29) is 12.5 Å². The van der Waals surface area contributed by atoms with Crippen molar-refractivity contribution in [2.45, 2.75) is 6.92 Å². The molecule has 1 amide bonds. The summed E-state index contributed by atoms with van der Waals surface area (Å²) in [5.41, 5.74) is 0.772. The third-order valence-corrected chi connectivity index (χ3v) is 4.63. The van der Waals surface area contributed by atoms with Gasteiger partial charge in [-0.05, 0) is 30.7 Å². The summed E-state index contributed by atoms with van der Waals surface area (Å²) in [6, 6.07) is 5.17. The second-order valence-corrected chi connectivity index (χ2v) is 6.38. The Bertz CT molecular complexity index is 702. The van der Waals surface area contributed by atoms with Gasteiger partial charge in [0.15, 0.2) is 18.1 Å². The van der Waals surface area contributed by atoms with Gasteiger partial charge in [-0.3, -0.25) is 9.69 Å². The zero-order valence-electron chi connectivity index (χ0n) is 13.5. The topological polar surface area (TPSA) is 65.1 Å². The number of methoxy groups -OCH3 is 2. The van der Waals surface area contributed by atoms with Crippen molar-refractivity contribution in [1.29, 1.82) is 0 Å². The van der Waals surface area contributed by atoms with E-state index in [1.807, 2.05) is 6.92 Å². The van der Waals surface area contributed by atoms with Gasteiger partial charge in [-0.15, -0.1) is 0 Å². The Hall–Kier alpha value is -2.06. The minimum Gasteiger partial charge on any atom is -0.493 e. The quantitative estimate of drug-likeness (QED) is 0.435. The number of likely N-dealkylation sites (N-methyl/N-ethyl adjacent to an activating group) is 1. The first-order valence-corrected chi connectivity index (χ1v) is 8.35. The summed E-state index contributed by atoms with van der Waals surface area (Å²) < 4.78 is 15.7. The van der Waals surface area contributed by atoms with Gasteiger partial charge in [0.1, 0.15) is 4.32 Å². The number of hydrogen-bond acceptors (Lipinski definition) is 7. The van der Waals surface area contributed by atoms with Crippen LogP contribution in [0.5, 0.6) is 11.5 Å². The van der Waals surface area contributed by atoms with Gasteiger partial charge in [0, 0.05) is 6.54 Å². The normalized spacial score (nSPS) is 15.8. The van der Waals surface area contributed by atoms with Gasteiger partial charge in [0.2, 0.25) is 0 Å². The lowest BCUT2D eigenvalue weighted by atomic mass is 10.2. The average Bonchev–Trinajstić information content (AvgIpc) is 2.86. The lowest BCUT2D eigenvalue weighted by molar-refractivity contribution is -0.142. The van der Waals surface area contributed by atoms with Gasteiger partial charge < -0.3 is 14.2 Å². The molecule has 1 aromatic rings. The van der Waals surface area contributed by atoms with E-state index in [9.17, 15) is 9.59 Å². The molecular weight excluding hydrogens is 350 g/mol. The lowest BCUT2D eigenvalue weighted by Gasteiger charge is -2.11. The number of amides is 1. The van der Waals surface area contributed by atoms with Crippen molar-refractivity contribution in [3.63, 3.8) is 0 Å². The van der Waals surface area contributed by atoms with Gasteiger partial charge in [0.25, 0.3) is 5.91 Å². The SMILES string of the molecule is CCN1C(=O)/C(=C/c2ccc(OCC(=O)OC)c(OC)c2)SC1=S. The molecule has 0 aromatic heterocycles. The third-order valence-electron chi connectivity index (χ3n) is 3.25. The number of carbonyl (C=O) groups excluding carboxylic acids is 2. The molecule has 0 atom stereocenters. The van der Waals surface area contributed by atoms with E-state index in [2.05, 4.69) is 4.74 Å². The maximum absolute atomic E-state index is 12.2. The standard InChI is InChI=1S/C16H17NO5S2/c1-4-17-15(19)13(24-16(17)23)8-10-5-6-11(12(7-10)20-2)22-9-14(18)21-3/h5-8H,4,9H2,1-3H3/b13-8-. The summed E-state index contributed by atoms with van der Waals surface area (Å²) >= 11 is 6.46. The van der Waals surface area contributed by atoms with Crippen LogP contribution in [0.4, 0.5) is 0 Å². The molecule has 0 radical (unpaired) electrons. The van der Waals surface area contributed by atoms with Gasteiger partial charge >= 0.3 is 5.97 Å². The maximum atomic E-state index is 12.2. The molecular formula is C16H17NO5S2. The number of rotatable bonds is 6. The Morgan fingerprint density at radius 2 is 2.08 bits per heavy atom. The van der Waals surface area contributed by atoms with Crippen LogP contribution in [0.2, 0.25) is 0 Å². The fourth-order valence-electron chi connectivity index (χ4n) is 2.01. The van der Waals surface area contributed by atoms with Crippen molar-refractivity contribution in [3.8, 4) is 11.5 Å². The van der Waals surface area contributed by atoms with Crippen LogP contribution in [0.1, 0.15) is 12.5 Å². The van der Waals surface area contributed by atoms with Crippen LogP contribution in [0, 0.1) is 0 Å². The summed E-state index contributed by atoms with van der Waals surface area (Å²) in [5.74, 6) is 0.293. The van der Waals surface area contributed by atoms with Crippen LogP contribution >= 0.6 is 24.0 Å². The Labute approximate surface area is 149 Å². The molecule has 1 aliphatic rings. The monoisotopic (exact) mass is 367 g/mol. The smallest absolute Gasteiger partial charge is 0.343 e. The third kappa shape index (κ3) is 4.07. The maximum Gasteiger partial charge on any atom is 0.343 e. The van der Waals surface area contributed by atoms with Crippen LogP contribution in [0.3, 0.4) is 0 Å². The van der Waals surface area contributed by atoms with Crippen LogP contribution in [0.15, 0.2) is 23.1 Å². The van der Waals surface area contributed by atoms with E-state index < -0.39 is 5.97 Å². The minimum atomic E-state index is -0.482. The predicted octanol–water partition coefficient (Wildman–Crippen LogP) is 2.47. The number of ether oxygens (including phenoxy) is 3. The van der Waals surface area contributed by atoms with Gasteiger partial charge in [0.05, 0.1) is 19.1 Å². The predicted molar refractivity (Wildman–Crippen MR) is 96.1 cm³/mol. The summed E-state index contributed by atoms with van der Waals surface area (Å²) in [7, 11) is 2.79. The lowest BCUT2D eigenvalue weighted by Crippen LogP contribution is -2.27. The first-order valence-electron chi connectivity index (χ1n) is 7.13. The Morgan fingerprint density at radius 3 is 2.67 bits per heavy atom. The van der Waals surface area contributed by atoms with Crippen molar-refractivity contribution >= 4 is 46.3 Å². The summed E-state index contributed by atoms with van der Waals surface area (Å²) in [4.78, 5) is 25.5. The fraction of sp³-hybridized carbons (Fsp3) is 0.312. The largest absolute Gasteiger partial charge is 0.493 e. The molecule has 128 valence electrons. The second kappa shape index (κ2) is 8.16. The van der Waals surface area contributed by atoms with Gasteiger partial charge in [-0.2, -0.15) is 0 Å². The molecule has 8 heteroatoms. The van der Waals surface area contributed by atoms with E-state index in [0.29, 0.717) is 27.3 Å². The molecule has 0 unspecified atom stereocenters. The molecule has 0 spiro atoms. The highest BCUT2D eigenvalue weighted by Gasteiger charge is 2.30. The molecule has 6 nitrogen and oxygen atoms in total. The Balaban J connectivity index is 2.21. The van der Waals surface area contributed by atoms with Crippen LogP contribution in [-0.4, -0.2) is 48.5 Å². The molecule has 1 saturated heterocycles. The van der Waals surface area contributed by atoms with Crippen molar-refractivity contribution in [1.82, 2.24) is 4.90 Å². The van der Waals surface area contributed by atoms with Gasteiger partial charge in [-0.1, -0.05) is 30.0 Å². The highest BCUT2D eigenvalue weighted by molar-refractivity contribution is 8.26. The molecule has 1 fully saturated rings. The van der Waals surface area contributed by atoms with Crippen molar-refractivity contribution < 1.29 is 23.8 Å². The van der Waals surface area contributed by atoms with Crippen LogP contribution < -0.4 is 9.47 Å². The highest BCUT2D eigenvalue weighted by atomic mass is 32.2. The molecule has 24 heavy (non-hydrogen) atoms. The molecule has 1 aliphatic heterocycles. The van der Waals surface area contributed by atoms with Crippen molar-refractivity contribution in [2.75, 3.05) is 27.4 Å². The summed E-state index contributed by atoms with van der Waals surface area (Å²) in [6.45, 7) is 2.22. The number of esters is 1. The molecule has 2 rings (SSSR count). The number of nitrogens with zero attached hydrogens (tertiary/aromatic N) is 1. The zero-order chi connectivity index (χ0) is 17.7. The number of thioether (sulfide) groups is 1. The first kappa shape index (κ1) is 18.3. The van der Waals surface area contributed by atoms with Crippen molar-refractivity contribution in [2.24, 2.45) is 0 Å². The number of hydrogen-bond donors (Lipinski definition) is 0.